The molecule has 0 bridgehead atoms. The van der Waals surface area contributed by atoms with Crippen LogP contribution in [-0.4, -0.2) is 40.1 Å². The Bertz CT molecular complexity index is 607. The molecule has 1 aliphatic heterocycles. The number of methoxy groups -OCH3 is 1. The van der Waals surface area contributed by atoms with Crippen LogP contribution in [-0.2, 0) is 22.5 Å². The molecule has 0 spiro atoms. The molecule has 0 amide bonds. The lowest BCUT2D eigenvalue weighted by Crippen LogP contribution is -2.36. The van der Waals surface area contributed by atoms with Crippen molar-refractivity contribution in [3.8, 4) is 5.75 Å². The van der Waals surface area contributed by atoms with Crippen molar-refractivity contribution in [2.24, 2.45) is 0 Å². The Kier molecular flexibility index (Phi) is 3.29. The number of carbonyl (C=O) groups excluding carboxylic acids is 1. The van der Waals surface area contributed by atoms with Crippen LogP contribution in [0.5, 0.6) is 5.75 Å². The smallest absolute Gasteiger partial charge is 0.169 e. The van der Waals surface area contributed by atoms with Crippen LogP contribution in [0.1, 0.15) is 46.5 Å². The number of Topliss-reactive ketones (excluding diaryl/α,β-unsaturated/α-hetero) is 1. The van der Waals surface area contributed by atoms with Gasteiger partial charge in [-0.25, -0.2) is 0 Å². The molecule has 2 aliphatic rings. The maximum Gasteiger partial charge on any atom is 0.169 e. The highest BCUT2D eigenvalue weighted by Crippen LogP contribution is 2.42. The maximum absolute atomic E-state index is 12.2. The maximum atomic E-state index is 12.2. The predicted molar refractivity (Wildman–Crippen MR) is 71.9 cm³/mol. The minimum Gasteiger partial charge on any atom is -0.507 e. The monoisotopic (exact) mass is 294 g/mol. The highest BCUT2D eigenvalue weighted by molar-refractivity contribution is 6.02. The van der Waals surface area contributed by atoms with E-state index >= 15 is 0 Å². The van der Waals surface area contributed by atoms with Crippen LogP contribution in [0.25, 0.3) is 0 Å². The molecule has 0 radical (unpaired) electrons. The molecule has 1 aliphatic carbocycles. The molecule has 3 atom stereocenters. The van der Waals surface area contributed by atoms with E-state index in [-0.39, 0.29) is 36.5 Å². The SMILES string of the molecule is CO[C@@H]1CC(=O)c2c(cc3c(c2O)COC(C)(O)C3)[C@@H]1O. The minimum atomic E-state index is -1.32. The number of aliphatic hydroxyl groups excluding tert-OH is 1. The summed E-state index contributed by atoms with van der Waals surface area (Å²) in [5, 5.41) is 30.7. The van der Waals surface area contributed by atoms with E-state index in [9.17, 15) is 20.1 Å². The minimum absolute atomic E-state index is 0.0234. The van der Waals surface area contributed by atoms with Crippen molar-refractivity contribution < 1.29 is 29.6 Å². The van der Waals surface area contributed by atoms with Gasteiger partial charge in [-0.2, -0.15) is 0 Å². The zero-order valence-electron chi connectivity index (χ0n) is 11.9. The van der Waals surface area contributed by atoms with E-state index in [1.54, 1.807) is 6.07 Å². The molecule has 114 valence electrons. The van der Waals surface area contributed by atoms with Crippen molar-refractivity contribution in [1.82, 2.24) is 0 Å². The second-order valence-electron chi connectivity index (χ2n) is 5.81. The van der Waals surface area contributed by atoms with Crippen LogP contribution in [0.3, 0.4) is 0 Å². The fraction of sp³-hybridized carbons (Fsp3) is 0.533. The van der Waals surface area contributed by atoms with Gasteiger partial charge in [-0.3, -0.25) is 4.79 Å². The van der Waals surface area contributed by atoms with Crippen LogP contribution in [0, 0.1) is 0 Å². The third-order valence-electron chi connectivity index (χ3n) is 4.21. The van der Waals surface area contributed by atoms with E-state index < -0.39 is 18.0 Å². The molecule has 6 heteroatoms. The van der Waals surface area contributed by atoms with Crippen molar-refractivity contribution in [1.29, 1.82) is 0 Å². The molecule has 3 rings (SSSR count). The summed E-state index contributed by atoms with van der Waals surface area (Å²) in [4.78, 5) is 12.2. The molecule has 6 nitrogen and oxygen atoms in total. The summed E-state index contributed by atoms with van der Waals surface area (Å²) in [5.74, 6) is -1.74. The van der Waals surface area contributed by atoms with Gasteiger partial charge in [-0.1, -0.05) is 6.07 Å². The summed E-state index contributed by atoms with van der Waals surface area (Å²) in [7, 11) is 1.43. The number of ether oxygens (including phenoxy) is 2. The molecule has 0 saturated heterocycles. The highest BCUT2D eigenvalue weighted by atomic mass is 16.6. The number of hydrogen-bond acceptors (Lipinski definition) is 6. The number of aromatic hydroxyl groups is 1. The van der Waals surface area contributed by atoms with Gasteiger partial charge in [0.25, 0.3) is 0 Å². The number of phenols is 1. The number of ketones is 1. The normalized spacial score (nSPS) is 31.7. The average Bonchev–Trinajstić information content (AvgIpc) is 2.41. The zero-order valence-corrected chi connectivity index (χ0v) is 11.9. The molecule has 1 unspecified atom stereocenters. The van der Waals surface area contributed by atoms with E-state index in [0.717, 1.165) is 0 Å². The molecule has 0 aromatic heterocycles. The summed E-state index contributed by atoms with van der Waals surface area (Å²) in [6.07, 6.45) is -1.40. The lowest BCUT2D eigenvalue weighted by atomic mass is 9.81. The largest absolute Gasteiger partial charge is 0.507 e. The fourth-order valence-electron chi connectivity index (χ4n) is 3.07. The fourth-order valence-corrected chi connectivity index (χ4v) is 3.07. The predicted octanol–water partition coefficient (Wildman–Crippen LogP) is 0.808. The number of carbonyl (C=O) groups is 1. The third-order valence-corrected chi connectivity index (χ3v) is 4.21. The Hall–Kier alpha value is -1.47. The highest BCUT2D eigenvalue weighted by Gasteiger charge is 2.39. The van der Waals surface area contributed by atoms with E-state index in [0.29, 0.717) is 16.7 Å². The first-order valence-corrected chi connectivity index (χ1v) is 6.82. The van der Waals surface area contributed by atoms with Crippen molar-refractivity contribution in [2.45, 2.75) is 44.4 Å². The zero-order chi connectivity index (χ0) is 15.4. The van der Waals surface area contributed by atoms with Gasteiger partial charge in [0.05, 0.1) is 18.3 Å². The molecular formula is C15H18O6. The van der Waals surface area contributed by atoms with Gasteiger partial charge < -0.3 is 24.8 Å². The van der Waals surface area contributed by atoms with Crippen LogP contribution in [0.2, 0.25) is 0 Å². The summed E-state index contributed by atoms with van der Waals surface area (Å²) in [5.41, 5.74) is 1.66. The number of fused-ring (bicyclic) bond motifs is 2. The molecule has 0 fully saturated rings. The Balaban J connectivity index is 2.16. The van der Waals surface area contributed by atoms with Gasteiger partial charge in [0.1, 0.15) is 11.9 Å². The average molecular weight is 294 g/mol. The number of benzene rings is 1. The van der Waals surface area contributed by atoms with Gasteiger partial charge >= 0.3 is 0 Å². The molecule has 1 aromatic carbocycles. The second kappa shape index (κ2) is 4.78. The Morgan fingerprint density at radius 1 is 1.48 bits per heavy atom. The van der Waals surface area contributed by atoms with Crippen molar-refractivity contribution in [3.63, 3.8) is 0 Å². The quantitative estimate of drug-likeness (QED) is 0.709. The van der Waals surface area contributed by atoms with Crippen LogP contribution in [0.4, 0.5) is 0 Å². The van der Waals surface area contributed by atoms with Crippen molar-refractivity contribution >= 4 is 5.78 Å². The van der Waals surface area contributed by atoms with Gasteiger partial charge in [0.2, 0.25) is 0 Å². The molecule has 3 N–H and O–H groups in total. The first-order valence-electron chi connectivity index (χ1n) is 6.82. The Morgan fingerprint density at radius 2 is 2.19 bits per heavy atom. The molecule has 21 heavy (non-hydrogen) atoms. The van der Waals surface area contributed by atoms with Crippen LogP contribution in [0.15, 0.2) is 6.07 Å². The van der Waals surface area contributed by atoms with Gasteiger partial charge in [-0.05, 0) is 18.1 Å². The first kappa shape index (κ1) is 14.5. The lowest BCUT2D eigenvalue weighted by Gasteiger charge is -2.34. The number of aliphatic hydroxyl groups is 2. The van der Waals surface area contributed by atoms with Crippen molar-refractivity contribution in [2.75, 3.05) is 7.11 Å². The van der Waals surface area contributed by atoms with Crippen LogP contribution >= 0.6 is 0 Å². The number of phenolic OH excluding ortho intramolecular Hbond substituents is 1. The summed E-state index contributed by atoms with van der Waals surface area (Å²) < 4.78 is 10.4. The summed E-state index contributed by atoms with van der Waals surface area (Å²) in [6, 6.07) is 1.66. The Morgan fingerprint density at radius 3 is 2.86 bits per heavy atom. The second-order valence-corrected chi connectivity index (χ2v) is 5.81. The van der Waals surface area contributed by atoms with E-state index in [2.05, 4.69) is 0 Å². The number of rotatable bonds is 1. The summed E-state index contributed by atoms with van der Waals surface area (Å²) in [6.45, 7) is 1.56. The topological polar surface area (TPSA) is 96.2 Å². The first-order chi connectivity index (χ1) is 9.84. The molecule has 0 saturated carbocycles. The third kappa shape index (κ3) is 2.24. The van der Waals surface area contributed by atoms with Gasteiger partial charge in [0, 0.05) is 25.5 Å². The number of hydrogen-bond donors (Lipinski definition) is 3. The van der Waals surface area contributed by atoms with Crippen molar-refractivity contribution in [3.05, 3.63) is 28.3 Å². The van der Waals surface area contributed by atoms with Gasteiger partial charge in [0.15, 0.2) is 11.6 Å². The standard InChI is InChI=1S/C15H18O6/c1-15(19)5-7-3-8-12(14(18)9(7)6-21-15)10(16)4-11(20-2)13(8)17/h3,11,13,17-19H,4-6H2,1-2H3/t11-,13+,15?/m1/s1. The molecular weight excluding hydrogens is 276 g/mol. The van der Waals surface area contributed by atoms with Gasteiger partial charge in [-0.15, -0.1) is 0 Å². The molecule has 1 aromatic rings. The van der Waals surface area contributed by atoms with E-state index in [4.69, 9.17) is 9.47 Å². The lowest BCUT2D eigenvalue weighted by molar-refractivity contribution is -0.204. The molecule has 1 heterocycles. The summed E-state index contributed by atoms with van der Waals surface area (Å²) >= 11 is 0. The van der Waals surface area contributed by atoms with E-state index in [1.807, 2.05) is 0 Å². The van der Waals surface area contributed by atoms with Crippen LogP contribution < -0.4 is 0 Å². The van der Waals surface area contributed by atoms with E-state index in [1.165, 1.54) is 14.0 Å². The Labute approximate surface area is 121 Å².